The minimum absolute atomic E-state index is 0.0719. The highest BCUT2D eigenvalue weighted by molar-refractivity contribution is 6.01. The highest BCUT2D eigenvalue weighted by Crippen LogP contribution is 2.34. The molecule has 5 rings (SSSR count). The number of amides is 2. The molecular formula is C30H28N4O3. The zero-order valence-electron chi connectivity index (χ0n) is 20.8. The summed E-state index contributed by atoms with van der Waals surface area (Å²) in [6, 6.07) is 22.1. The molecular weight excluding hydrogens is 464 g/mol. The minimum atomic E-state index is -0.789. The van der Waals surface area contributed by atoms with Gasteiger partial charge in [-0.3, -0.25) is 9.59 Å². The number of carbonyl (C=O) groups excluding carboxylic acids is 2. The van der Waals surface area contributed by atoms with Crippen LogP contribution in [0.15, 0.2) is 79.0 Å². The Labute approximate surface area is 216 Å². The topological polar surface area (TPSA) is 67.9 Å². The molecule has 1 aliphatic rings. The van der Waals surface area contributed by atoms with Gasteiger partial charge in [-0.1, -0.05) is 56.3 Å². The molecule has 0 saturated heterocycles. The van der Waals surface area contributed by atoms with E-state index in [-0.39, 0.29) is 24.3 Å². The van der Waals surface area contributed by atoms with E-state index in [1.807, 2.05) is 91.3 Å². The molecule has 0 bridgehead atoms. The van der Waals surface area contributed by atoms with Crippen molar-refractivity contribution < 1.29 is 14.3 Å². The van der Waals surface area contributed by atoms with Gasteiger partial charge in [0, 0.05) is 17.5 Å². The number of hydrogen-bond donors (Lipinski definition) is 1. The van der Waals surface area contributed by atoms with Crippen LogP contribution in [0.2, 0.25) is 0 Å². The molecule has 1 aliphatic heterocycles. The van der Waals surface area contributed by atoms with Crippen molar-refractivity contribution in [3.63, 3.8) is 0 Å². The fourth-order valence-corrected chi connectivity index (χ4v) is 4.63. The number of benzene rings is 3. The lowest BCUT2D eigenvalue weighted by Gasteiger charge is -2.26. The number of aromatic nitrogens is 1. The first kappa shape index (κ1) is 24.1. The van der Waals surface area contributed by atoms with E-state index in [2.05, 4.69) is 10.2 Å². The number of rotatable bonds is 6. The highest BCUT2D eigenvalue weighted by atomic mass is 16.5. The highest BCUT2D eigenvalue weighted by Gasteiger charge is 2.33. The molecule has 4 aromatic rings. The first-order valence-electron chi connectivity index (χ1n) is 12.4. The molecule has 0 radical (unpaired) electrons. The third-order valence-electron chi connectivity index (χ3n) is 6.92. The maximum Gasteiger partial charge on any atom is 0.253 e. The van der Waals surface area contributed by atoms with Crippen LogP contribution in [0.3, 0.4) is 0 Å². The Bertz CT molecular complexity index is 1520. The predicted molar refractivity (Wildman–Crippen MR) is 144 cm³/mol. The van der Waals surface area contributed by atoms with Gasteiger partial charge < -0.3 is 19.5 Å². The Kier molecular flexibility index (Phi) is 6.65. The summed E-state index contributed by atoms with van der Waals surface area (Å²) in [5.74, 6) is 0.0370. The third kappa shape index (κ3) is 4.54. The van der Waals surface area contributed by atoms with Crippen molar-refractivity contribution in [2.45, 2.75) is 32.9 Å². The Morgan fingerprint density at radius 3 is 2.62 bits per heavy atom. The van der Waals surface area contributed by atoms with Gasteiger partial charge in [-0.25, -0.2) is 4.85 Å². The van der Waals surface area contributed by atoms with Crippen LogP contribution in [0.5, 0.6) is 5.75 Å². The normalized spacial score (nSPS) is 15.9. The van der Waals surface area contributed by atoms with E-state index in [1.54, 1.807) is 11.0 Å². The Morgan fingerprint density at radius 1 is 1.08 bits per heavy atom. The van der Waals surface area contributed by atoms with Crippen molar-refractivity contribution in [3.05, 3.63) is 96.0 Å². The molecule has 0 aliphatic carbocycles. The van der Waals surface area contributed by atoms with Crippen molar-refractivity contribution in [2.24, 2.45) is 5.92 Å². The minimum Gasteiger partial charge on any atom is -0.489 e. The van der Waals surface area contributed by atoms with Crippen LogP contribution in [0, 0.1) is 12.5 Å². The standard InChI is InChI=1S/C30H28N4O3/c1-4-20(2)29(35)32-24-19-37-28-15-8-7-13-27(28)34(30(24)36)18-21-10-9-14-25-22(21)16-17-33(25)26-12-6-5-11-23(26)31-3/h5-17,20,24H,4,18-19H2,1-2H3,(H,32,35)/t20-,24+/m1/s1. The Balaban J connectivity index is 1.53. The number of para-hydroxylation sites is 4. The first-order valence-corrected chi connectivity index (χ1v) is 12.4. The van der Waals surface area contributed by atoms with Crippen LogP contribution in [0.25, 0.3) is 21.4 Å². The molecule has 7 heteroatoms. The molecule has 2 atom stereocenters. The van der Waals surface area contributed by atoms with Crippen molar-refractivity contribution in [2.75, 3.05) is 11.5 Å². The molecule has 186 valence electrons. The lowest BCUT2D eigenvalue weighted by atomic mass is 10.1. The summed E-state index contributed by atoms with van der Waals surface area (Å²) in [6.45, 7) is 11.7. The van der Waals surface area contributed by atoms with Crippen LogP contribution < -0.4 is 15.0 Å². The quantitative estimate of drug-likeness (QED) is 0.354. The number of ether oxygens (including phenoxy) is 1. The zero-order chi connectivity index (χ0) is 25.9. The zero-order valence-corrected chi connectivity index (χ0v) is 20.8. The van der Waals surface area contributed by atoms with E-state index in [0.29, 0.717) is 30.1 Å². The van der Waals surface area contributed by atoms with E-state index in [1.165, 1.54) is 0 Å². The third-order valence-corrected chi connectivity index (χ3v) is 6.92. The van der Waals surface area contributed by atoms with Gasteiger partial charge in [0.05, 0.1) is 30.0 Å². The van der Waals surface area contributed by atoms with Gasteiger partial charge in [0.2, 0.25) is 11.6 Å². The fraction of sp³-hybridized carbons (Fsp3) is 0.233. The van der Waals surface area contributed by atoms with E-state index in [9.17, 15) is 9.59 Å². The molecule has 1 N–H and O–H groups in total. The van der Waals surface area contributed by atoms with Gasteiger partial charge in [0.15, 0.2) is 0 Å². The molecule has 2 amide bonds. The Hall–Kier alpha value is -4.57. The van der Waals surface area contributed by atoms with Crippen molar-refractivity contribution in [3.8, 4) is 11.4 Å². The number of fused-ring (bicyclic) bond motifs is 2. The molecule has 2 heterocycles. The smallest absolute Gasteiger partial charge is 0.253 e. The predicted octanol–water partition coefficient (Wildman–Crippen LogP) is 5.64. The summed E-state index contributed by atoms with van der Waals surface area (Å²) >= 11 is 0. The van der Waals surface area contributed by atoms with Crippen molar-refractivity contribution >= 4 is 34.1 Å². The van der Waals surface area contributed by atoms with Crippen LogP contribution in [-0.4, -0.2) is 29.0 Å². The molecule has 0 saturated carbocycles. The maximum atomic E-state index is 13.8. The number of carbonyl (C=O) groups is 2. The van der Waals surface area contributed by atoms with E-state index in [4.69, 9.17) is 11.3 Å². The van der Waals surface area contributed by atoms with Gasteiger partial charge >= 0.3 is 0 Å². The lowest BCUT2D eigenvalue weighted by molar-refractivity contribution is -0.130. The Morgan fingerprint density at radius 2 is 1.84 bits per heavy atom. The SMILES string of the molecule is [C-]#[N+]c1ccccc1-n1ccc2c(CN3C(=O)[C@@H](NC(=O)[C@H](C)CC)COc4ccccc43)cccc21. The van der Waals surface area contributed by atoms with E-state index < -0.39 is 6.04 Å². The van der Waals surface area contributed by atoms with Crippen molar-refractivity contribution in [1.82, 2.24) is 9.88 Å². The summed E-state index contributed by atoms with van der Waals surface area (Å²) in [6.07, 6.45) is 2.64. The van der Waals surface area contributed by atoms with Crippen LogP contribution in [0.4, 0.5) is 11.4 Å². The largest absolute Gasteiger partial charge is 0.489 e. The number of anilines is 1. The summed E-state index contributed by atoms with van der Waals surface area (Å²) in [5.41, 5.74) is 3.94. The van der Waals surface area contributed by atoms with E-state index >= 15 is 0 Å². The molecule has 0 spiro atoms. The van der Waals surface area contributed by atoms with Gasteiger partial charge in [0.25, 0.3) is 5.91 Å². The summed E-state index contributed by atoms with van der Waals surface area (Å²) in [7, 11) is 0. The molecule has 37 heavy (non-hydrogen) atoms. The monoisotopic (exact) mass is 492 g/mol. The number of nitrogens with one attached hydrogen (secondary N) is 1. The first-order chi connectivity index (χ1) is 18.0. The summed E-state index contributed by atoms with van der Waals surface area (Å²) < 4.78 is 7.98. The van der Waals surface area contributed by atoms with Crippen LogP contribution in [-0.2, 0) is 16.1 Å². The van der Waals surface area contributed by atoms with Gasteiger partial charge in [-0.2, -0.15) is 0 Å². The molecule has 1 aromatic heterocycles. The second kappa shape index (κ2) is 10.2. The van der Waals surface area contributed by atoms with E-state index in [0.717, 1.165) is 22.2 Å². The molecule has 0 unspecified atom stereocenters. The average Bonchev–Trinajstić information content (AvgIpc) is 3.33. The van der Waals surface area contributed by atoms with Crippen LogP contribution in [0.1, 0.15) is 25.8 Å². The van der Waals surface area contributed by atoms with Gasteiger partial charge in [-0.15, -0.1) is 0 Å². The summed E-state index contributed by atoms with van der Waals surface area (Å²) in [4.78, 5) is 31.8. The average molecular weight is 493 g/mol. The number of nitrogens with zero attached hydrogens (tertiary/aromatic N) is 3. The van der Waals surface area contributed by atoms with Gasteiger partial charge in [-0.05, 0) is 42.3 Å². The summed E-state index contributed by atoms with van der Waals surface area (Å²) in [5, 5.41) is 3.88. The van der Waals surface area contributed by atoms with Gasteiger partial charge in [0.1, 0.15) is 18.4 Å². The molecule has 7 nitrogen and oxygen atoms in total. The van der Waals surface area contributed by atoms with Crippen molar-refractivity contribution in [1.29, 1.82) is 0 Å². The molecule has 3 aromatic carbocycles. The van der Waals surface area contributed by atoms with Crippen LogP contribution >= 0.6 is 0 Å². The molecule has 0 fully saturated rings. The second-order valence-corrected chi connectivity index (χ2v) is 9.21. The maximum absolute atomic E-state index is 13.8. The fourth-order valence-electron chi connectivity index (χ4n) is 4.63. The second-order valence-electron chi connectivity index (χ2n) is 9.21. The number of hydrogen-bond acceptors (Lipinski definition) is 3. The lowest BCUT2D eigenvalue weighted by Crippen LogP contribution is -2.51.